The fourth-order valence-corrected chi connectivity index (χ4v) is 2.31. The van der Waals surface area contributed by atoms with E-state index in [9.17, 15) is 0 Å². The molecule has 0 radical (unpaired) electrons. The van der Waals surface area contributed by atoms with Gasteiger partial charge in [0.15, 0.2) is 5.82 Å². The Hall–Kier alpha value is -1.81. The van der Waals surface area contributed by atoms with Gasteiger partial charge >= 0.3 is 0 Å². The lowest BCUT2D eigenvalue weighted by Crippen LogP contribution is -1.98. The minimum absolute atomic E-state index is 0.585. The van der Waals surface area contributed by atoms with Crippen LogP contribution in [-0.4, -0.2) is 14.7 Å². The van der Waals surface area contributed by atoms with Crippen molar-refractivity contribution < 1.29 is 4.52 Å². The van der Waals surface area contributed by atoms with Crippen LogP contribution >= 0.6 is 11.6 Å². The summed E-state index contributed by atoms with van der Waals surface area (Å²) < 4.78 is 7.33. The second-order valence-electron chi connectivity index (χ2n) is 4.50. The lowest BCUT2D eigenvalue weighted by atomic mass is 10.2. The quantitative estimate of drug-likeness (QED) is 0.729. The Morgan fingerprint density at radius 2 is 2.21 bits per heavy atom. The molecule has 0 unspecified atom stereocenters. The number of aryl methyl sites for hydroxylation is 1. The molecule has 0 aliphatic carbocycles. The Kier molecular flexibility index (Phi) is 3.25. The molecule has 3 rings (SSSR count). The lowest BCUT2D eigenvalue weighted by Gasteiger charge is -2.01. The number of nitrogens with zero attached hydrogens (tertiary/aromatic N) is 3. The average Bonchev–Trinajstić information content (AvgIpc) is 2.98. The zero-order valence-corrected chi connectivity index (χ0v) is 11.4. The molecular formula is C14H14ClN3O. The lowest BCUT2D eigenvalue weighted by molar-refractivity contribution is 0.367. The summed E-state index contributed by atoms with van der Waals surface area (Å²) in [5, 5.41) is 5.82. The fraction of sp³-hybridized carbons (Fsp3) is 0.286. The first-order chi connectivity index (χ1) is 9.26. The predicted octanol–water partition coefficient (Wildman–Crippen LogP) is 3.68. The van der Waals surface area contributed by atoms with Gasteiger partial charge in [-0.05, 0) is 30.7 Å². The average molecular weight is 276 g/mol. The van der Waals surface area contributed by atoms with Crippen molar-refractivity contribution in [2.75, 3.05) is 0 Å². The van der Waals surface area contributed by atoms with Crippen LogP contribution in [0.25, 0.3) is 10.9 Å². The van der Waals surface area contributed by atoms with Crippen molar-refractivity contribution in [1.29, 1.82) is 0 Å². The predicted molar refractivity (Wildman–Crippen MR) is 74.3 cm³/mol. The first kappa shape index (κ1) is 12.2. The maximum absolute atomic E-state index is 5.98. The van der Waals surface area contributed by atoms with Gasteiger partial charge in [0.2, 0.25) is 5.89 Å². The third-order valence-corrected chi connectivity index (χ3v) is 3.26. The van der Waals surface area contributed by atoms with Crippen molar-refractivity contribution >= 4 is 22.5 Å². The summed E-state index contributed by atoms with van der Waals surface area (Å²) in [6, 6.07) is 7.87. The monoisotopic (exact) mass is 275 g/mol. The van der Waals surface area contributed by atoms with Gasteiger partial charge in [0, 0.05) is 28.5 Å². The van der Waals surface area contributed by atoms with Gasteiger partial charge in [-0.2, -0.15) is 4.98 Å². The first-order valence-corrected chi connectivity index (χ1v) is 6.70. The number of fused-ring (bicyclic) bond motifs is 1. The SMILES string of the molecule is CCCc1noc(Cn2ccc3cc(Cl)ccc32)n1. The maximum Gasteiger partial charge on any atom is 0.246 e. The second kappa shape index (κ2) is 5.05. The van der Waals surface area contributed by atoms with E-state index < -0.39 is 0 Å². The number of rotatable bonds is 4. The van der Waals surface area contributed by atoms with Gasteiger partial charge < -0.3 is 9.09 Å². The molecule has 0 fully saturated rings. The molecule has 0 aliphatic heterocycles. The molecule has 0 amide bonds. The third kappa shape index (κ3) is 2.49. The highest BCUT2D eigenvalue weighted by Gasteiger charge is 2.08. The molecule has 0 aliphatic rings. The Labute approximate surface area is 116 Å². The van der Waals surface area contributed by atoms with Gasteiger partial charge in [0.1, 0.15) is 6.54 Å². The molecule has 1 aromatic carbocycles. The van der Waals surface area contributed by atoms with Gasteiger partial charge in [0.05, 0.1) is 0 Å². The Morgan fingerprint density at radius 1 is 1.32 bits per heavy atom. The summed E-state index contributed by atoms with van der Waals surface area (Å²) >= 11 is 5.98. The molecule has 3 aromatic rings. The number of benzene rings is 1. The number of hydrogen-bond acceptors (Lipinski definition) is 3. The largest absolute Gasteiger partial charge is 0.338 e. The van der Waals surface area contributed by atoms with Crippen molar-refractivity contribution in [2.24, 2.45) is 0 Å². The Balaban J connectivity index is 1.88. The summed E-state index contributed by atoms with van der Waals surface area (Å²) in [5.74, 6) is 1.41. The molecule has 4 nitrogen and oxygen atoms in total. The van der Waals surface area contributed by atoms with E-state index in [0.29, 0.717) is 12.4 Å². The molecule has 0 saturated carbocycles. The zero-order valence-electron chi connectivity index (χ0n) is 10.6. The molecule has 2 heterocycles. The standard InChI is InChI=1S/C14H14ClN3O/c1-2-3-13-16-14(19-17-13)9-18-7-6-10-8-11(15)4-5-12(10)18/h4-8H,2-3,9H2,1H3. The van der Waals surface area contributed by atoms with E-state index in [-0.39, 0.29) is 0 Å². The molecule has 0 atom stereocenters. The fourth-order valence-electron chi connectivity index (χ4n) is 2.13. The van der Waals surface area contributed by atoms with Crippen LogP contribution in [0.1, 0.15) is 25.1 Å². The summed E-state index contributed by atoms with van der Waals surface area (Å²) in [5.41, 5.74) is 1.11. The molecule has 19 heavy (non-hydrogen) atoms. The molecule has 0 saturated heterocycles. The topological polar surface area (TPSA) is 43.9 Å². The van der Waals surface area contributed by atoms with Crippen LogP contribution in [-0.2, 0) is 13.0 Å². The summed E-state index contributed by atoms with van der Waals surface area (Å²) in [7, 11) is 0. The van der Waals surface area contributed by atoms with Gasteiger partial charge in [-0.25, -0.2) is 0 Å². The van der Waals surface area contributed by atoms with E-state index in [4.69, 9.17) is 16.1 Å². The summed E-state index contributed by atoms with van der Waals surface area (Å²) in [6.45, 7) is 2.68. The molecule has 0 spiro atoms. The van der Waals surface area contributed by atoms with E-state index >= 15 is 0 Å². The molecule has 0 bridgehead atoms. The molecular weight excluding hydrogens is 262 g/mol. The van der Waals surface area contributed by atoms with E-state index in [1.807, 2.05) is 30.5 Å². The van der Waals surface area contributed by atoms with Crippen LogP contribution in [0.2, 0.25) is 5.02 Å². The summed E-state index contributed by atoms with van der Waals surface area (Å²) in [4.78, 5) is 4.37. The molecule has 5 heteroatoms. The maximum atomic E-state index is 5.98. The van der Waals surface area contributed by atoms with Gasteiger partial charge in [-0.15, -0.1) is 0 Å². The third-order valence-electron chi connectivity index (χ3n) is 3.02. The number of hydrogen-bond donors (Lipinski definition) is 0. The van der Waals surface area contributed by atoms with Crippen LogP contribution in [0.5, 0.6) is 0 Å². The highest BCUT2D eigenvalue weighted by molar-refractivity contribution is 6.31. The number of halogens is 1. The van der Waals surface area contributed by atoms with Crippen LogP contribution in [0.4, 0.5) is 0 Å². The van der Waals surface area contributed by atoms with Crippen molar-refractivity contribution in [3.8, 4) is 0 Å². The van der Waals surface area contributed by atoms with E-state index in [1.165, 1.54) is 0 Å². The van der Waals surface area contributed by atoms with Crippen LogP contribution in [0, 0.1) is 0 Å². The van der Waals surface area contributed by atoms with E-state index in [0.717, 1.165) is 34.6 Å². The minimum atomic E-state index is 0.585. The van der Waals surface area contributed by atoms with Crippen LogP contribution in [0.15, 0.2) is 35.0 Å². The first-order valence-electron chi connectivity index (χ1n) is 6.32. The van der Waals surface area contributed by atoms with E-state index in [1.54, 1.807) is 0 Å². The molecule has 98 valence electrons. The second-order valence-corrected chi connectivity index (χ2v) is 4.94. The van der Waals surface area contributed by atoms with Gasteiger partial charge in [-0.1, -0.05) is 23.7 Å². The highest BCUT2D eigenvalue weighted by atomic mass is 35.5. The van der Waals surface area contributed by atoms with Gasteiger partial charge in [-0.3, -0.25) is 0 Å². The van der Waals surface area contributed by atoms with Crippen LogP contribution < -0.4 is 0 Å². The van der Waals surface area contributed by atoms with Crippen molar-refractivity contribution in [3.63, 3.8) is 0 Å². The molecule has 0 N–H and O–H groups in total. The minimum Gasteiger partial charge on any atom is -0.338 e. The molecule has 2 aromatic heterocycles. The van der Waals surface area contributed by atoms with E-state index in [2.05, 4.69) is 21.6 Å². The van der Waals surface area contributed by atoms with Crippen molar-refractivity contribution in [3.05, 3.63) is 47.2 Å². The van der Waals surface area contributed by atoms with Crippen molar-refractivity contribution in [2.45, 2.75) is 26.3 Å². The van der Waals surface area contributed by atoms with Crippen LogP contribution in [0.3, 0.4) is 0 Å². The Bertz CT molecular complexity index is 702. The summed E-state index contributed by atoms with van der Waals surface area (Å²) in [6.07, 6.45) is 3.88. The number of aromatic nitrogens is 3. The normalized spacial score (nSPS) is 11.3. The van der Waals surface area contributed by atoms with Gasteiger partial charge in [0.25, 0.3) is 0 Å². The highest BCUT2D eigenvalue weighted by Crippen LogP contribution is 2.21. The zero-order chi connectivity index (χ0) is 13.2. The van der Waals surface area contributed by atoms with Crippen molar-refractivity contribution in [1.82, 2.24) is 14.7 Å². The Morgan fingerprint density at radius 3 is 3.05 bits per heavy atom. The smallest absolute Gasteiger partial charge is 0.246 e.